The minimum atomic E-state index is -0.444. The van der Waals surface area contributed by atoms with Crippen LogP contribution in [-0.4, -0.2) is 9.78 Å². The number of hydrogen-bond donors (Lipinski definition) is 0. The molecule has 5 heteroatoms. The maximum Gasteiger partial charge on any atom is 0.197 e. The van der Waals surface area contributed by atoms with Crippen LogP contribution in [0.4, 0.5) is 4.39 Å². The lowest BCUT2D eigenvalue weighted by atomic mass is 10.3. The van der Waals surface area contributed by atoms with E-state index in [-0.39, 0.29) is 11.6 Å². The van der Waals surface area contributed by atoms with Crippen molar-refractivity contribution in [3.63, 3.8) is 0 Å². The van der Waals surface area contributed by atoms with E-state index < -0.39 is 5.13 Å². The summed E-state index contributed by atoms with van der Waals surface area (Å²) in [5.41, 5.74) is 0.535. The molecule has 0 amide bonds. The third-order valence-electron chi connectivity index (χ3n) is 1.97. The number of halogens is 1. The lowest BCUT2D eigenvalue weighted by Crippen LogP contribution is -2.00. The second kappa shape index (κ2) is 3.07. The van der Waals surface area contributed by atoms with Gasteiger partial charge in [0, 0.05) is 12.2 Å². The van der Waals surface area contributed by atoms with Gasteiger partial charge >= 0.3 is 0 Å². The average molecular weight is 209 g/mol. The molecule has 0 unspecified atom stereocenters. The van der Waals surface area contributed by atoms with Crippen molar-refractivity contribution in [1.82, 2.24) is 9.78 Å². The molecule has 0 aromatic carbocycles. The summed E-state index contributed by atoms with van der Waals surface area (Å²) in [7, 11) is 0. The molecule has 0 aliphatic heterocycles. The Morgan fingerprint density at radius 3 is 2.93 bits per heavy atom. The summed E-state index contributed by atoms with van der Waals surface area (Å²) >= 11 is 0.969. The standard InChI is InChI=1S/C9H8FN3S/c1-5(2)13-4-7-8(12-13)6(3-11)9(10)14-7/h4-5H,1-2H3. The van der Waals surface area contributed by atoms with E-state index in [0.717, 1.165) is 16.0 Å². The SMILES string of the molecule is CC(C)n1cc2sc(F)c(C#N)c2n1. The predicted octanol–water partition coefficient (Wildman–Crippen LogP) is 2.69. The third kappa shape index (κ3) is 1.19. The maximum absolute atomic E-state index is 13.1. The molecule has 0 spiro atoms. The summed E-state index contributed by atoms with van der Waals surface area (Å²) in [4.78, 5) is 0. The first-order valence-corrected chi connectivity index (χ1v) is 5.02. The molecule has 2 aromatic heterocycles. The van der Waals surface area contributed by atoms with Crippen LogP contribution in [0, 0.1) is 16.5 Å². The summed E-state index contributed by atoms with van der Waals surface area (Å²) in [5.74, 6) is 0. The van der Waals surface area contributed by atoms with Crippen molar-refractivity contribution in [2.24, 2.45) is 0 Å². The van der Waals surface area contributed by atoms with Gasteiger partial charge in [0.1, 0.15) is 17.1 Å². The van der Waals surface area contributed by atoms with Crippen LogP contribution < -0.4 is 0 Å². The number of aromatic nitrogens is 2. The molecule has 0 aliphatic carbocycles. The molecule has 0 aliphatic rings. The molecule has 0 atom stereocenters. The van der Waals surface area contributed by atoms with E-state index in [2.05, 4.69) is 5.10 Å². The van der Waals surface area contributed by atoms with Gasteiger partial charge in [-0.1, -0.05) is 0 Å². The van der Waals surface area contributed by atoms with Crippen LogP contribution in [-0.2, 0) is 0 Å². The molecule has 0 saturated heterocycles. The summed E-state index contributed by atoms with van der Waals surface area (Å²) in [6, 6.07) is 2.06. The van der Waals surface area contributed by atoms with Gasteiger partial charge in [0.2, 0.25) is 0 Å². The molecule has 14 heavy (non-hydrogen) atoms. The second-order valence-electron chi connectivity index (χ2n) is 3.28. The van der Waals surface area contributed by atoms with Crippen molar-refractivity contribution in [1.29, 1.82) is 5.26 Å². The van der Waals surface area contributed by atoms with Gasteiger partial charge in [0.05, 0.1) is 4.70 Å². The van der Waals surface area contributed by atoms with E-state index >= 15 is 0 Å². The smallest absolute Gasteiger partial charge is 0.197 e. The molecule has 72 valence electrons. The van der Waals surface area contributed by atoms with E-state index in [1.807, 2.05) is 19.9 Å². The molecule has 2 heterocycles. The van der Waals surface area contributed by atoms with Gasteiger partial charge in [-0.2, -0.15) is 14.8 Å². The quantitative estimate of drug-likeness (QED) is 0.724. The van der Waals surface area contributed by atoms with Crippen LogP contribution in [0.3, 0.4) is 0 Å². The zero-order valence-electron chi connectivity index (χ0n) is 7.78. The Hall–Kier alpha value is -1.41. The molecule has 2 rings (SSSR count). The number of fused-ring (bicyclic) bond motifs is 1. The lowest BCUT2D eigenvalue weighted by Gasteiger charge is -2.02. The first kappa shape index (κ1) is 9.16. The molecular formula is C9H8FN3S. The fraction of sp³-hybridized carbons (Fsp3) is 0.333. The van der Waals surface area contributed by atoms with Crippen LogP contribution in [0.5, 0.6) is 0 Å². The number of thiophene rings is 1. The van der Waals surface area contributed by atoms with Crippen molar-refractivity contribution < 1.29 is 4.39 Å². The predicted molar refractivity (Wildman–Crippen MR) is 52.7 cm³/mol. The summed E-state index contributed by atoms with van der Waals surface area (Å²) in [5, 5.41) is 12.4. The van der Waals surface area contributed by atoms with Gasteiger partial charge in [-0.05, 0) is 13.8 Å². The molecule has 0 bridgehead atoms. The summed E-state index contributed by atoms with van der Waals surface area (Å²) < 4.78 is 15.6. The number of nitriles is 1. The molecule has 3 nitrogen and oxygen atoms in total. The highest BCUT2D eigenvalue weighted by atomic mass is 32.1. The van der Waals surface area contributed by atoms with Gasteiger partial charge in [-0.3, -0.25) is 4.68 Å². The van der Waals surface area contributed by atoms with Crippen LogP contribution in [0.15, 0.2) is 6.20 Å². The lowest BCUT2D eigenvalue weighted by molar-refractivity contribution is 0.537. The Morgan fingerprint density at radius 1 is 1.64 bits per heavy atom. The fourth-order valence-electron chi connectivity index (χ4n) is 1.22. The molecule has 0 N–H and O–H groups in total. The minimum Gasteiger partial charge on any atom is -0.268 e. The molecule has 2 aromatic rings. The first-order chi connectivity index (χ1) is 6.63. The monoisotopic (exact) mass is 209 g/mol. The number of hydrogen-bond acceptors (Lipinski definition) is 3. The maximum atomic E-state index is 13.1. The molecular weight excluding hydrogens is 201 g/mol. The van der Waals surface area contributed by atoms with E-state index in [9.17, 15) is 4.39 Å². The normalized spacial score (nSPS) is 11.1. The zero-order valence-corrected chi connectivity index (χ0v) is 8.60. The average Bonchev–Trinajstić information content (AvgIpc) is 2.60. The number of rotatable bonds is 1. The number of nitrogens with zero attached hydrogens (tertiary/aromatic N) is 3. The van der Waals surface area contributed by atoms with Crippen molar-refractivity contribution >= 4 is 21.6 Å². The van der Waals surface area contributed by atoms with Crippen LogP contribution in [0.1, 0.15) is 25.5 Å². The Kier molecular flexibility index (Phi) is 2.01. The van der Waals surface area contributed by atoms with E-state index in [4.69, 9.17) is 5.26 Å². The highest BCUT2D eigenvalue weighted by molar-refractivity contribution is 7.17. The topological polar surface area (TPSA) is 41.6 Å². The van der Waals surface area contributed by atoms with E-state index in [0.29, 0.717) is 5.52 Å². The van der Waals surface area contributed by atoms with Crippen molar-refractivity contribution in [3.05, 3.63) is 16.9 Å². The van der Waals surface area contributed by atoms with Crippen LogP contribution >= 0.6 is 11.3 Å². The van der Waals surface area contributed by atoms with Gasteiger partial charge in [0.25, 0.3) is 0 Å². The zero-order chi connectivity index (χ0) is 10.3. The van der Waals surface area contributed by atoms with Crippen LogP contribution in [0.2, 0.25) is 0 Å². The Morgan fingerprint density at radius 2 is 2.36 bits per heavy atom. The van der Waals surface area contributed by atoms with Gasteiger partial charge < -0.3 is 0 Å². The molecule has 0 saturated carbocycles. The fourth-order valence-corrected chi connectivity index (χ4v) is 2.06. The van der Waals surface area contributed by atoms with Crippen molar-refractivity contribution in [2.45, 2.75) is 19.9 Å². The van der Waals surface area contributed by atoms with Crippen molar-refractivity contribution in [2.75, 3.05) is 0 Å². The van der Waals surface area contributed by atoms with Gasteiger partial charge in [-0.15, -0.1) is 11.3 Å². The summed E-state index contributed by atoms with van der Waals surface area (Å²) in [6.07, 6.45) is 1.77. The van der Waals surface area contributed by atoms with E-state index in [1.165, 1.54) is 0 Å². The molecule has 0 fully saturated rings. The third-order valence-corrected chi connectivity index (χ3v) is 2.87. The Balaban J connectivity index is 2.70. The molecule has 0 radical (unpaired) electrons. The highest BCUT2D eigenvalue weighted by Crippen LogP contribution is 2.28. The summed E-state index contributed by atoms with van der Waals surface area (Å²) in [6.45, 7) is 3.97. The largest absolute Gasteiger partial charge is 0.268 e. The van der Waals surface area contributed by atoms with Crippen molar-refractivity contribution in [3.8, 4) is 6.07 Å². The van der Waals surface area contributed by atoms with Gasteiger partial charge in [0.15, 0.2) is 5.13 Å². The van der Waals surface area contributed by atoms with E-state index in [1.54, 1.807) is 10.9 Å². The first-order valence-electron chi connectivity index (χ1n) is 4.20. The Labute approximate surface area is 84.4 Å². The minimum absolute atomic E-state index is 0.0596. The van der Waals surface area contributed by atoms with Gasteiger partial charge in [-0.25, -0.2) is 0 Å². The highest BCUT2D eigenvalue weighted by Gasteiger charge is 2.15. The Bertz CT molecular complexity index is 518. The second-order valence-corrected chi connectivity index (χ2v) is 4.28. The van der Waals surface area contributed by atoms with Crippen LogP contribution in [0.25, 0.3) is 10.2 Å².